The number of nitrogens with zero attached hydrogens (tertiary/aromatic N) is 3. The Morgan fingerprint density at radius 3 is 2.60 bits per heavy atom. The highest BCUT2D eigenvalue weighted by Crippen LogP contribution is 2.20. The van der Waals surface area contributed by atoms with Crippen LogP contribution in [0.25, 0.3) is 11.5 Å². The van der Waals surface area contributed by atoms with Crippen LogP contribution < -0.4 is 10.6 Å². The molecule has 3 aromatic rings. The van der Waals surface area contributed by atoms with Gasteiger partial charge in [-0.3, -0.25) is 5.10 Å². The van der Waals surface area contributed by atoms with Crippen molar-refractivity contribution in [1.29, 1.82) is 0 Å². The molecule has 0 spiro atoms. The van der Waals surface area contributed by atoms with Gasteiger partial charge in [0, 0.05) is 36.3 Å². The molecular formula is C17H20N6O2. The van der Waals surface area contributed by atoms with Crippen LogP contribution in [0, 0.1) is 13.8 Å². The number of benzene rings is 1. The zero-order chi connectivity index (χ0) is 17.8. The predicted octanol–water partition coefficient (Wildman–Crippen LogP) is 2.83. The first-order chi connectivity index (χ1) is 12.0. The molecule has 0 aliphatic carbocycles. The summed E-state index contributed by atoms with van der Waals surface area (Å²) in [5.41, 5.74) is 3.40. The quantitative estimate of drug-likeness (QED) is 0.662. The fourth-order valence-corrected chi connectivity index (χ4v) is 2.44. The number of carbonyl (C=O) groups excluding carboxylic acids is 1. The van der Waals surface area contributed by atoms with Crippen molar-refractivity contribution in [3.8, 4) is 11.5 Å². The topological polar surface area (TPSA) is 109 Å². The Hall–Kier alpha value is -3.16. The second-order valence-electron chi connectivity index (χ2n) is 5.95. The lowest BCUT2D eigenvalue weighted by atomic mass is 10.2. The SMILES string of the molecule is Cc1cc(CC(C)NC(=O)Nc2ccc(-c3nnc(C)o3)cc2)n[nH]1. The molecule has 130 valence electrons. The van der Waals surface area contributed by atoms with Crippen LogP contribution in [0.1, 0.15) is 24.2 Å². The summed E-state index contributed by atoms with van der Waals surface area (Å²) < 4.78 is 5.37. The Morgan fingerprint density at radius 2 is 2.00 bits per heavy atom. The molecular weight excluding hydrogens is 320 g/mol. The fourth-order valence-electron chi connectivity index (χ4n) is 2.44. The summed E-state index contributed by atoms with van der Waals surface area (Å²) in [6.45, 7) is 5.62. The minimum atomic E-state index is -0.263. The summed E-state index contributed by atoms with van der Waals surface area (Å²) in [4.78, 5) is 12.1. The molecule has 2 amide bonds. The largest absolute Gasteiger partial charge is 0.421 e. The maximum Gasteiger partial charge on any atom is 0.319 e. The van der Waals surface area contributed by atoms with Crippen molar-refractivity contribution in [3.63, 3.8) is 0 Å². The van der Waals surface area contributed by atoms with Gasteiger partial charge < -0.3 is 15.1 Å². The number of hydrogen-bond acceptors (Lipinski definition) is 5. The Morgan fingerprint density at radius 1 is 1.24 bits per heavy atom. The summed E-state index contributed by atoms with van der Waals surface area (Å²) in [7, 11) is 0. The fraction of sp³-hybridized carbons (Fsp3) is 0.294. The van der Waals surface area contributed by atoms with Crippen LogP contribution in [-0.2, 0) is 6.42 Å². The van der Waals surface area contributed by atoms with Gasteiger partial charge in [-0.1, -0.05) is 0 Å². The van der Waals surface area contributed by atoms with Crippen molar-refractivity contribution in [3.05, 3.63) is 47.6 Å². The van der Waals surface area contributed by atoms with E-state index in [0.29, 0.717) is 23.9 Å². The van der Waals surface area contributed by atoms with Crippen LogP contribution in [-0.4, -0.2) is 32.5 Å². The smallest absolute Gasteiger partial charge is 0.319 e. The number of aryl methyl sites for hydroxylation is 2. The monoisotopic (exact) mass is 340 g/mol. The zero-order valence-corrected chi connectivity index (χ0v) is 14.3. The van der Waals surface area contributed by atoms with Gasteiger partial charge in [0.1, 0.15) is 0 Å². The third kappa shape index (κ3) is 4.43. The minimum absolute atomic E-state index is 0.0386. The lowest BCUT2D eigenvalue weighted by Gasteiger charge is -2.13. The molecule has 8 nitrogen and oxygen atoms in total. The van der Waals surface area contributed by atoms with Gasteiger partial charge in [-0.05, 0) is 44.2 Å². The molecule has 2 heterocycles. The number of H-pyrrole nitrogens is 1. The van der Waals surface area contributed by atoms with Crippen molar-refractivity contribution in [2.24, 2.45) is 0 Å². The van der Waals surface area contributed by atoms with Gasteiger partial charge >= 0.3 is 6.03 Å². The molecule has 25 heavy (non-hydrogen) atoms. The molecule has 8 heteroatoms. The molecule has 1 aromatic carbocycles. The van der Waals surface area contributed by atoms with Gasteiger partial charge in [0.05, 0.1) is 5.69 Å². The summed E-state index contributed by atoms with van der Waals surface area (Å²) in [5.74, 6) is 0.967. The maximum absolute atomic E-state index is 12.1. The normalized spacial score (nSPS) is 12.0. The number of aromatic amines is 1. The van der Waals surface area contributed by atoms with Crippen LogP contribution in [0.5, 0.6) is 0 Å². The van der Waals surface area contributed by atoms with Gasteiger partial charge in [0.25, 0.3) is 0 Å². The Labute approximate surface area is 145 Å². The first-order valence-corrected chi connectivity index (χ1v) is 7.98. The highest BCUT2D eigenvalue weighted by molar-refractivity contribution is 5.89. The molecule has 1 unspecified atom stereocenters. The van der Waals surface area contributed by atoms with Gasteiger partial charge in [-0.15, -0.1) is 10.2 Å². The minimum Gasteiger partial charge on any atom is -0.421 e. The van der Waals surface area contributed by atoms with E-state index in [0.717, 1.165) is 17.0 Å². The molecule has 3 N–H and O–H groups in total. The van der Waals surface area contributed by atoms with Crippen LogP contribution >= 0.6 is 0 Å². The van der Waals surface area contributed by atoms with E-state index in [1.54, 1.807) is 19.1 Å². The standard InChI is InChI=1S/C17H20N6O2/c1-10(8-15-9-11(2)20-22-15)18-17(24)19-14-6-4-13(5-7-14)16-23-21-12(3)25-16/h4-7,9-10H,8H2,1-3H3,(H,20,22)(H2,18,19,24). The molecule has 0 saturated carbocycles. The van der Waals surface area contributed by atoms with Gasteiger partial charge in [0.2, 0.25) is 11.8 Å². The average Bonchev–Trinajstić information content (AvgIpc) is 3.16. The summed E-state index contributed by atoms with van der Waals surface area (Å²) in [6.07, 6.45) is 0.660. The van der Waals surface area contributed by atoms with Crippen molar-refractivity contribution in [2.45, 2.75) is 33.2 Å². The number of anilines is 1. The van der Waals surface area contributed by atoms with Gasteiger partial charge in [-0.25, -0.2) is 4.79 Å². The van der Waals surface area contributed by atoms with E-state index in [-0.39, 0.29) is 12.1 Å². The van der Waals surface area contributed by atoms with Gasteiger partial charge in [-0.2, -0.15) is 5.10 Å². The highest BCUT2D eigenvalue weighted by Gasteiger charge is 2.11. The number of rotatable bonds is 5. The molecule has 2 aromatic heterocycles. The van der Waals surface area contributed by atoms with E-state index in [9.17, 15) is 4.79 Å². The molecule has 0 saturated heterocycles. The molecule has 0 aliphatic rings. The predicted molar refractivity (Wildman–Crippen MR) is 93.1 cm³/mol. The Kier molecular flexibility index (Phi) is 4.78. The Bertz CT molecular complexity index is 852. The van der Waals surface area contributed by atoms with Crippen LogP contribution in [0.4, 0.5) is 10.5 Å². The van der Waals surface area contributed by atoms with Crippen molar-refractivity contribution in [2.75, 3.05) is 5.32 Å². The van der Waals surface area contributed by atoms with E-state index >= 15 is 0 Å². The third-order valence-corrected chi connectivity index (χ3v) is 3.57. The van der Waals surface area contributed by atoms with E-state index in [2.05, 4.69) is 31.0 Å². The molecule has 0 radical (unpaired) electrons. The van der Waals surface area contributed by atoms with Crippen molar-refractivity contribution >= 4 is 11.7 Å². The molecule has 0 aliphatic heterocycles. The zero-order valence-electron chi connectivity index (χ0n) is 14.3. The maximum atomic E-state index is 12.1. The molecule has 0 bridgehead atoms. The van der Waals surface area contributed by atoms with Crippen molar-refractivity contribution < 1.29 is 9.21 Å². The van der Waals surface area contributed by atoms with E-state index < -0.39 is 0 Å². The first kappa shape index (κ1) is 16.7. The number of aromatic nitrogens is 4. The lowest BCUT2D eigenvalue weighted by molar-refractivity contribution is 0.249. The number of amides is 2. The van der Waals surface area contributed by atoms with Crippen molar-refractivity contribution in [1.82, 2.24) is 25.7 Å². The Balaban J connectivity index is 1.53. The average molecular weight is 340 g/mol. The number of hydrogen-bond donors (Lipinski definition) is 3. The number of carbonyl (C=O) groups is 1. The number of nitrogens with one attached hydrogen (secondary N) is 3. The highest BCUT2D eigenvalue weighted by atomic mass is 16.4. The third-order valence-electron chi connectivity index (χ3n) is 3.57. The second-order valence-corrected chi connectivity index (χ2v) is 5.95. The lowest BCUT2D eigenvalue weighted by Crippen LogP contribution is -2.37. The molecule has 3 rings (SSSR count). The second kappa shape index (κ2) is 7.16. The van der Waals surface area contributed by atoms with Crippen LogP contribution in [0.15, 0.2) is 34.7 Å². The van der Waals surface area contributed by atoms with E-state index in [4.69, 9.17) is 4.42 Å². The first-order valence-electron chi connectivity index (χ1n) is 7.98. The van der Waals surface area contributed by atoms with Crippen LogP contribution in [0.2, 0.25) is 0 Å². The summed E-state index contributed by atoms with van der Waals surface area (Å²) >= 11 is 0. The molecule has 0 fully saturated rings. The van der Waals surface area contributed by atoms with Gasteiger partial charge in [0.15, 0.2) is 0 Å². The summed E-state index contributed by atoms with van der Waals surface area (Å²) in [6, 6.07) is 8.88. The van der Waals surface area contributed by atoms with E-state index in [1.807, 2.05) is 32.0 Å². The van der Waals surface area contributed by atoms with E-state index in [1.165, 1.54) is 0 Å². The number of urea groups is 1. The molecule has 1 atom stereocenters. The summed E-state index contributed by atoms with van der Waals surface area (Å²) in [5, 5.41) is 20.5. The van der Waals surface area contributed by atoms with Crippen LogP contribution in [0.3, 0.4) is 0 Å².